The van der Waals surface area contributed by atoms with Crippen LogP contribution in [-0.4, -0.2) is 28.9 Å². The largest absolute Gasteiger partial charge is 0.378 e. The molecule has 0 spiro atoms. The standard InChI is InChI=1S/C26H26N4S/c1-29(2)22-15-17-23(18-16-22)30-25(21-13-14-21)27-28-26(30)31-24(19-9-5-3-6-10-19)20-11-7-4-8-12-20/h3-12,15-18,21,24H,13-14H2,1-2H3. The van der Waals surface area contributed by atoms with E-state index in [-0.39, 0.29) is 5.25 Å². The molecule has 31 heavy (non-hydrogen) atoms. The zero-order valence-corrected chi connectivity index (χ0v) is 18.7. The molecule has 156 valence electrons. The highest BCUT2D eigenvalue weighted by molar-refractivity contribution is 7.99. The van der Waals surface area contributed by atoms with Crippen LogP contribution in [0, 0.1) is 0 Å². The molecule has 0 radical (unpaired) electrons. The van der Waals surface area contributed by atoms with Crippen LogP contribution in [0.4, 0.5) is 5.69 Å². The number of hydrogen-bond donors (Lipinski definition) is 0. The van der Waals surface area contributed by atoms with E-state index in [2.05, 4.69) is 119 Å². The quantitative estimate of drug-likeness (QED) is 0.335. The van der Waals surface area contributed by atoms with Crippen LogP contribution in [0.25, 0.3) is 5.69 Å². The third-order valence-electron chi connectivity index (χ3n) is 5.65. The Bertz CT molecular complexity index is 1090. The van der Waals surface area contributed by atoms with Crippen molar-refractivity contribution < 1.29 is 0 Å². The summed E-state index contributed by atoms with van der Waals surface area (Å²) < 4.78 is 2.26. The normalized spacial score (nSPS) is 13.5. The van der Waals surface area contributed by atoms with Crippen LogP contribution in [0.5, 0.6) is 0 Å². The number of thioether (sulfide) groups is 1. The lowest BCUT2D eigenvalue weighted by atomic mass is 10.0. The maximum Gasteiger partial charge on any atom is 0.196 e. The molecule has 1 aromatic heterocycles. The van der Waals surface area contributed by atoms with E-state index >= 15 is 0 Å². The Kier molecular flexibility index (Phi) is 5.51. The van der Waals surface area contributed by atoms with Gasteiger partial charge in [-0.3, -0.25) is 4.57 Å². The second-order valence-electron chi connectivity index (χ2n) is 8.18. The summed E-state index contributed by atoms with van der Waals surface area (Å²) in [4.78, 5) is 2.12. The zero-order chi connectivity index (χ0) is 21.2. The highest BCUT2D eigenvalue weighted by Gasteiger charge is 2.32. The molecule has 4 nitrogen and oxygen atoms in total. The molecule has 4 aromatic rings. The van der Waals surface area contributed by atoms with Crippen LogP contribution in [0.2, 0.25) is 0 Å². The number of benzene rings is 3. The third-order valence-corrected chi connectivity index (χ3v) is 6.91. The average Bonchev–Trinajstić information content (AvgIpc) is 3.58. The molecular weight excluding hydrogens is 400 g/mol. The van der Waals surface area contributed by atoms with Gasteiger partial charge in [0.2, 0.25) is 0 Å². The van der Waals surface area contributed by atoms with Crippen LogP contribution >= 0.6 is 11.8 Å². The first-order valence-electron chi connectivity index (χ1n) is 10.7. The second-order valence-corrected chi connectivity index (χ2v) is 9.25. The summed E-state index contributed by atoms with van der Waals surface area (Å²) in [5.74, 6) is 1.60. The van der Waals surface area contributed by atoms with Gasteiger partial charge in [-0.2, -0.15) is 0 Å². The Labute approximate surface area is 187 Å². The van der Waals surface area contributed by atoms with Crippen molar-refractivity contribution in [2.24, 2.45) is 0 Å². The van der Waals surface area contributed by atoms with Gasteiger partial charge in [0, 0.05) is 31.4 Å². The van der Waals surface area contributed by atoms with Crippen LogP contribution in [0.1, 0.15) is 41.0 Å². The molecule has 1 aliphatic rings. The van der Waals surface area contributed by atoms with Crippen LogP contribution < -0.4 is 4.90 Å². The van der Waals surface area contributed by atoms with Crippen LogP contribution in [0.3, 0.4) is 0 Å². The van der Waals surface area contributed by atoms with E-state index in [1.807, 2.05) is 0 Å². The van der Waals surface area contributed by atoms with Gasteiger partial charge in [0.1, 0.15) is 5.82 Å². The average molecular weight is 427 g/mol. The summed E-state index contributed by atoms with van der Waals surface area (Å²) in [5, 5.41) is 10.4. The SMILES string of the molecule is CN(C)c1ccc(-n2c(SC(c3ccccc3)c3ccccc3)nnc2C2CC2)cc1. The summed E-state index contributed by atoms with van der Waals surface area (Å²) in [7, 11) is 4.13. The van der Waals surface area contributed by atoms with E-state index in [0.717, 1.165) is 16.7 Å². The molecule has 3 aromatic carbocycles. The Morgan fingerprint density at radius 1 is 0.806 bits per heavy atom. The topological polar surface area (TPSA) is 34.0 Å². The molecule has 1 fully saturated rings. The Morgan fingerprint density at radius 2 is 1.39 bits per heavy atom. The number of rotatable bonds is 7. The smallest absolute Gasteiger partial charge is 0.196 e. The molecule has 0 aliphatic heterocycles. The van der Waals surface area contributed by atoms with Gasteiger partial charge < -0.3 is 4.90 Å². The molecule has 5 heteroatoms. The minimum atomic E-state index is 0.151. The van der Waals surface area contributed by atoms with Gasteiger partial charge in [0.05, 0.1) is 5.25 Å². The molecule has 0 unspecified atom stereocenters. The number of hydrogen-bond acceptors (Lipinski definition) is 4. The van der Waals surface area contributed by atoms with E-state index in [0.29, 0.717) is 5.92 Å². The lowest BCUT2D eigenvalue weighted by Gasteiger charge is -2.19. The molecule has 0 bridgehead atoms. The summed E-state index contributed by atoms with van der Waals surface area (Å²) in [5.41, 5.74) is 4.85. The van der Waals surface area contributed by atoms with Gasteiger partial charge in [0.25, 0.3) is 0 Å². The molecule has 1 aliphatic carbocycles. The van der Waals surface area contributed by atoms with Crippen LogP contribution in [0.15, 0.2) is 90.1 Å². The molecule has 0 N–H and O–H groups in total. The van der Waals surface area contributed by atoms with Gasteiger partial charge in [-0.05, 0) is 48.2 Å². The summed E-state index contributed by atoms with van der Waals surface area (Å²) >= 11 is 1.77. The fourth-order valence-electron chi connectivity index (χ4n) is 3.80. The summed E-state index contributed by atoms with van der Waals surface area (Å²) in [6.07, 6.45) is 2.39. The Hall–Kier alpha value is -3.05. The lowest BCUT2D eigenvalue weighted by molar-refractivity contribution is 0.827. The number of anilines is 1. The fourth-order valence-corrected chi connectivity index (χ4v) is 4.99. The Morgan fingerprint density at radius 3 is 1.90 bits per heavy atom. The van der Waals surface area contributed by atoms with E-state index in [1.54, 1.807) is 11.8 Å². The van der Waals surface area contributed by atoms with E-state index in [4.69, 9.17) is 0 Å². The molecule has 5 rings (SSSR count). The molecular formula is C26H26N4S. The summed E-state index contributed by atoms with van der Waals surface area (Å²) in [6, 6.07) is 30.0. The maximum absolute atomic E-state index is 4.67. The lowest BCUT2D eigenvalue weighted by Crippen LogP contribution is -2.09. The predicted octanol–water partition coefficient (Wildman–Crippen LogP) is 6.09. The zero-order valence-electron chi connectivity index (χ0n) is 17.8. The first kappa shape index (κ1) is 19.9. The predicted molar refractivity (Wildman–Crippen MR) is 128 cm³/mol. The van der Waals surface area contributed by atoms with Gasteiger partial charge in [0.15, 0.2) is 5.16 Å². The van der Waals surface area contributed by atoms with Crippen molar-refractivity contribution >= 4 is 17.4 Å². The first-order valence-corrected chi connectivity index (χ1v) is 11.6. The van der Waals surface area contributed by atoms with Gasteiger partial charge in [-0.15, -0.1) is 10.2 Å². The minimum Gasteiger partial charge on any atom is -0.378 e. The van der Waals surface area contributed by atoms with Crippen molar-refractivity contribution in [1.29, 1.82) is 0 Å². The van der Waals surface area contributed by atoms with Crippen LogP contribution in [-0.2, 0) is 0 Å². The summed E-state index contributed by atoms with van der Waals surface area (Å²) in [6.45, 7) is 0. The van der Waals surface area contributed by atoms with E-state index in [9.17, 15) is 0 Å². The van der Waals surface area contributed by atoms with Gasteiger partial charge >= 0.3 is 0 Å². The third kappa shape index (κ3) is 4.23. The van der Waals surface area contributed by atoms with Gasteiger partial charge in [-0.1, -0.05) is 72.4 Å². The number of aromatic nitrogens is 3. The minimum absolute atomic E-state index is 0.151. The van der Waals surface area contributed by atoms with E-state index in [1.165, 1.54) is 29.7 Å². The van der Waals surface area contributed by atoms with Crippen molar-refractivity contribution in [3.05, 3.63) is 102 Å². The second kappa shape index (κ2) is 8.60. The molecule has 0 amide bonds. The first-order chi connectivity index (χ1) is 15.2. The molecule has 1 saturated carbocycles. The fraction of sp³-hybridized carbons (Fsp3) is 0.231. The Balaban J connectivity index is 1.56. The van der Waals surface area contributed by atoms with Crippen molar-refractivity contribution in [2.75, 3.05) is 19.0 Å². The van der Waals surface area contributed by atoms with Crippen molar-refractivity contribution in [3.8, 4) is 5.69 Å². The maximum atomic E-state index is 4.67. The molecule has 1 heterocycles. The van der Waals surface area contributed by atoms with Gasteiger partial charge in [-0.25, -0.2) is 0 Å². The molecule has 0 atom stereocenters. The highest BCUT2D eigenvalue weighted by Crippen LogP contribution is 2.44. The monoisotopic (exact) mass is 426 g/mol. The van der Waals surface area contributed by atoms with Crippen molar-refractivity contribution in [1.82, 2.24) is 14.8 Å². The van der Waals surface area contributed by atoms with Crippen molar-refractivity contribution in [3.63, 3.8) is 0 Å². The van der Waals surface area contributed by atoms with E-state index < -0.39 is 0 Å². The highest BCUT2D eigenvalue weighted by atomic mass is 32.2. The number of nitrogens with zero attached hydrogens (tertiary/aromatic N) is 4. The molecule has 0 saturated heterocycles. The van der Waals surface area contributed by atoms with Crippen molar-refractivity contribution in [2.45, 2.75) is 29.2 Å².